The molecule has 0 amide bonds. The highest BCUT2D eigenvalue weighted by Crippen LogP contribution is 2.26. The Balaban J connectivity index is 1.83. The molecule has 0 bridgehead atoms. The molecule has 3 rings (SSSR count). The van der Waals surface area contributed by atoms with Gasteiger partial charge in [0.1, 0.15) is 0 Å². The zero-order chi connectivity index (χ0) is 15.6. The van der Waals surface area contributed by atoms with Crippen LogP contribution in [-0.2, 0) is 14.8 Å². The van der Waals surface area contributed by atoms with Gasteiger partial charge < -0.3 is 4.74 Å². The number of ether oxygens (including phenoxy) is 1. The molecule has 1 saturated heterocycles. The predicted molar refractivity (Wildman–Crippen MR) is 85.1 cm³/mol. The van der Waals surface area contributed by atoms with Gasteiger partial charge in [-0.05, 0) is 24.6 Å². The maximum Gasteiger partial charge on any atom is 0.243 e. The minimum atomic E-state index is -3.47. The molecule has 4 nitrogen and oxygen atoms in total. The van der Waals surface area contributed by atoms with Gasteiger partial charge in [0.05, 0.1) is 17.6 Å². The summed E-state index contributed by atoms with van der Waals surface area (Å²) < 4.78 is 32.7. The van der Waals surface area contributed by atoms with Crippen LogP contribution in [0.25, 0.3) is 0 Å². The van der Waals surface area contributed by atoms with Gasteiger partial charge in [-0.1, -0.05) is 48.0 Å². The molecule has 1 aliphatic heterocycles. The van der Waals surface area contributed by atoms with E-state index in [1.807, 2.05) is 49.4 Å². The first-order valence-electron chi connectivity index (χ1n) is 7.31. The average molecular weight is 317 g/mol. The molecule has 22 heavy (non-hydrogen) atoms. The van der Waals surface area contributed by atoms with Crippen molar-refractivity contribution in [2.24, 2.45) is 0 Å². The van der Waals surface area contributed by atoms with Gasteiger partial charge in [-0.25, -0.2) is 8.42 Å². The van der Waals surface area contributed by atoms with E-state index >= 15 is 0 Å². The molecule has 0 spiro atoms. The third-order valence-corrected chi connectivity index (χ3v) is 5.74. The van der Waals surface area contributed by atoms with Crippen LogP contribution in [0.1, 0.15) is 17.2 Å². The van der Waals surface area contributed by atoms with Crippen molar-refractivity contribution in [2.75, 3.05) is 19.7 Å². The van der Waals surface area contributed by atoms with Crippen molar-refractivity contribution in [1.29, 1.82) is 0 Å². The average Bonchev–Trinajstić information content (AvgIpc) is 2.56. The fraction of sp³-hybridized carbons (Fsp3) is 0.294. The molecular weight excluding hydrogens is 298 g/mol. The number of benzene rings is 2. The third kappa shape index (κ3) is 3.06. The summed E-state index contributed by atoms with van der Waals surface area (Å²) in [6, 6.07) is 16.7. The van der Waals surface area contributed by atoms with E-state index in [9.17, 15) is 8.42 Å². The lowest BCUT2D eigenvalue weighted by Crippen LogP contribution is -2.42. The number of aryl methyl sites for hydroxylation is 1. The van der Waals surface area contributed by atoms with Crippen LogP contribution in [0.3, 0.4) is 0 Å². The van der Waals surface area contributed by atoms with Crippen molar-refractivity contribution >= 4 is 10.0 Å². The normalized spacial score (nSPS) is 20.0. The Morgan fingerprint density at radius 2 is 1.73 bits per heavy atom. The van der Waals surface area contributed by atoms with Gasteiger partial charge >= 0.3 is 0 Å². The van der Waals surface area contributed by atoms with Crippen molar-refractivity contribution < 1.29 is 13.2 Å². The Kier molecular flexibility index (Phi) is 4.29. The number of rotatable bonds is 3. The minimum absolute atomic E-state index is 0.213. The van der Waals surface area contributed by atoms with E-state index in [4.69, 9.17) is 4.74 Å². The lowest BCUT2D eigenvalue weighted by atomic mass is 10.1. The van der Waals surface area contributed by atoms with Crippen LogP contribution in [0, 0.1) is 6.92 Å². The summed E-state index contributed by atoms with van der Waals surface area (Å²) in [6.07, 6.45) is -0.213. The van der Waals surface area contributed by atoms with Gasteiger partial charge in [-0.3, -0.25) is 0 Å². The Bertz CT molecular complexity index is 726. The Morgan fingerprint density at radius 3 is 2.41 bits per heavy atom. The quantitative estimate of drug-likeness (QED) is 0.874. The second-order valence-corrected chi connectivity index (χ2v) is 7.38. The molecule has 1 aliphatic rings. The number of morpholine rings is 1. The second-order valence-electron chi connectivity index (χ2n) is 5.45. The molecule has 1 heterocycles. The highest BCUT2D eigenvalue weighted by Gasteiger charge is 2.31. The van der Waals surface area contributed by atoms with Crippen molar-refractivity contribution in [1.82, 2.24) is 4.31 Å². The summed E-state index contributed by atoms with van der Waals surface area (Å²) in [7, 11) is -3.47. The number of hydrogen-bond donors (Lipinski definition) is 0. The highest BCUT2D eigenvalue weighted by atomic mass is 32.2. The van der Waals surface area contributed by atoms with E-state index in [1.165, 1.54) is 4.31 Å². The number of hydrogen-bond acceptors (Lipinski definition) is 3. The first-order chi connectivity index (χ1) is 10.6. The predicted octanol–water partition coefficient (Wildman–Crippen LogP) is 2.76. The fourth-order valence-electron chi connectivity index (χ4n) is 2.57. The molecule has 116 valence electrons. The van der Waals surface area contributed by atoms with Crippen molar-refractivity contribution in [3.63, 3.8) is 0 Å². The Labute approximate surface area is 131 Å². The molecule has 1 fully saturated rings. The molecular formula is C17H19NO3S. The van der Waals surface area contributed by atoms with Crippen molar-refractivity contribution in [2.45, 2.75) is 17.9 Å². The lowest BCUT2D eigenvalue weighted by Gasteiger charge is -2.32. The van der Waals surface area contributed by atoms with Gasteiger partial charge in [-0.15, -0.1) is 0 Å². The number of nitrogens with zero attached hydrogens (tertiary/aromatic N) is 1. The third-order valence-electron chi connectivity index (χ3n) is 3.86. The first kappa shape index (κ1) is 15.2. The maximum absolute atomic E-state index is 12.7. The Hall–Kier alpha value is -1.69. The van der Waals surface area contributed by atoms with Crippen LogP contribution >= 0.6 is 0 Å². The van der Waals surface area contributed by atoms with Crippen LogP contribution in [0.5, 0.6) is 0 Å². The van der Waals surface area contributed by atoms with Crippen LogP contribution in [0.15, 0.2) is 59.5 Å². The van der Waals surface area contributed by atoms with E-state index in [1.54, 1.807) is 12.1 Å². The fourth-order valence-corrected chi connectivity index (χ4v) is 4.00. The molecule has 0 radical (unpaired) electrons. The van der Waals surface area contributed by atoms with Crippen molar-refractivity contribution in [3.8, 4) is 0 Å². The van der Waals surface area contributed by atoms with E-state index in [0.29, 0.717) is 24.6 Å². The highest BCUT2D eigenvalue weighted by molar-refractivity contribution is 7.89. The van der Waals surface area contributed by atoms with Gasteiger partial charge in [0.2, 0.25) is 10.0 Å². The maximum atomic E-state index is 12.7. The summed E-state index contributed by atoms with van der Waals surface area (Å²) in [5.74, 6) is 0. The minimum Gasteiger partial charge on any atom is -0.371 e. The molecule has 2 aromatic rings. The standard InChI is InChI=1S/C17H19NO3S/c1-14-7-9-16(10-8-14)22(19,20)18-11-12-21-17(13-18)15-5-3-2-4-6-15/h2-10,17H,11-13H2,1H3/t17-/m1/s1. The molecule has 2 aromatic carbocycles. The second kappa shape index (κ2) is 6.20. The summed E-state index contributed by atoms with van der Waals surface area (Å²) in [5.41, 5.74) is 2.05. The summed E-state index contributed by atoms with van der Waals surface area (Å²) >= 11 is 0. The molecule has 1 atom stereocenters. The molecule has 0 saturated carbocycles. The largest absolute Gasteiger partial charge is 0.371 e. The van der Waals surface area contributed by atoms with Gasteiger partial charge in [-0.2, -0.15) is 4.31 Å². The van der Waals surface area contributed by atoms with E-state index in [-0.39, 0.29) is 6.10 Å². The van der Waals surface area contributed by atoms with Crippen LogP contribution in [0.2, 0.25) is 0 Å². The smallest absolute Gasteiger partial charge is 0.243 e. The van der Waals surface area contributed by atoms with Crippen molar-refractivity contribution in [3.05, 3.63) is 65.7 Å². The molecule has 0 unspecified atom stereocenters. The molecule has 0 N–H and O–H groups in total. The summed E-state index contributed by atoms with van der Waals surface area (Å²) in [5, 5.41) is 0. The van der Waals surface area contributed by atoms with Crippen LogP contribution in [-0.4, -0.2) is 32.4 Å². The zero-order valence-corrected chi connectivity index (χ0v) is 13.3. The van der Waals surface area contributed by atoms with Gasteiger partial charge in [0, 0.05) is 13.1 Å². The number of sulfonamides is 1. The van der Waals surface area contributed by atoms with E-state index in [2.05, 4.69) is 0 Å². The SMILES string of the molecule is Cc1ccc(S(=O)(=O)N2CCO[C@@H](c3ccccc3)C2)cc1. The monoisotopic (exact) mass is 317 g/mol. The van der Waals surface area contributed by atoms with Crippen LogP contribution in [0.4, 0.5) is 0 Å². The zero-order valence-electron chi connectivity index (χ0n) is 12.5. The molecule has 0 aromatic heterocycles. The van der Waals surface area contributed by atoms with Gasteiger partial charge in [0.25, 0.3) is 0 Å². The topological polar surface area (TPSA) is 46.6 Å². The lowest BCUT2D eigenvalue weighted by molar-refractivity contribution is -0.00255. The summed E-state index contributed by atoms with van der Waals surface area (Å²) in [6.45, 7) is 3.08. The molecule has 5 heteroatoms. The van der Waals surface area contributed by atoms with Gasteiger partial charge in [0.15, 0.2) is 0 Å². The van der Waals surface area contributed by atoms with E-state index in [0.717, 1.165) is 11.1 Å². The molecule has 0 aliphatic carbocycles. The Morgan fingerprint density at radius 1 is 1.05 bits per heavy atom. The first-order valence-corrected chi connectivity index (χ1v) is 8.75. The van der Waals surface area contributed by atoms with E-state index < -0.39 is 10.0 Å². The van der Waals surface area contributed by atoms with Crippen LogP contribution < -0.4 is 0 Å². The summed E-state index contributed by atoms with van der Waals surface area (Å²) in [4.78, 5) is 0.340.